The average Bonchev–Trinajstić information content (AvgIpc) is 2.18. The minimum atomic E-state index is 0.505. The molecule has 0 radical (unpaired) electrons. The van der Waals surface area contributed by atoms with Crippen LogP contribution in [0.4, 0.5) is 0 Å². The van der Waals surface area contributed by atoms with Crippen LogP contribution >= 0.6 is 35.3 Å². The van der Waals surface area contributed by atoms with Gasteiger partial charge in [-0.05, 0) is 6.92 Å². The summed E-state index contributed by atoms with van der Waals surface area (Å²) < 4.78 is 6.38. The van der Waals surface area contributed by atoms with Crippen LogP contribution in [0.25, 0.3) is 0 Å². The summed E-state index contributed by atoms with van der Waals surface area (Å²) in [5.41, 5.74) is 0.505. The third kappa shape index (κ3) is 1.91. The summed E-state index contributed by atoms with van der Waals surface area (Å²) in [5, 5.41) is 0. The molecule has 0 spiro atoms. The molecule has 12 heavy (non-hydrogen) atoms. The van der Waals surface area contributed by atoms with Gasteiger partial charge in [-0.2, -0.15) is 0 Å². The van der Waals surface area contributed by atoms with E-state index < -0.39 is 0 Å². The molecule has 70 valence electrons. The van der Waals surface area contributed by atoms with Gasteiger partial charge in [0.1, 0.15) is 0 Å². The Morgan fingerprint density at radius 2 is 1.83 bits per heavy atom. The van der Waals surface area contributed by atoms with Crippen molar-refractivity contribution in [2.75, 3.05) is 30.5 Å². The summed E-state index contributed by atoms with van der Waals surface area (Å²) in [6.07, 6.45) is 0. The molecule has 3 heterocycles. The van der Waals surface area contributed by atoms with Crippen molar-refractivity contribution in [1.82, 2.24) is 0 Å². The van der Waals surface area contributed by atoms with Crippen molar-refractivity contribution in [1.29, 1.82) is 0 Å². The predicted molar refractivity (Wildman–Crippen MR) is 60.1 cm³/mol. The molecule has 2 bridgehead atoms. The van der Waals surface area contributed by atoms with E-state index in [-0.39, 0.29) is 0 Å². The number of thioether (sulfide) groups is 3. The highest BCUT2D eigenvalue weighted by atomic mass is 32.3. The van der Waals surface area contributed by atoms with Gasteiger partial charge in [0.15, 0.2) is 0 Å². The Morgan fingerprint density at radius 3 is 2.33 bits per heavy atom. The van der Waals surface area contributed by atoms with Gasteiger partial charge in [-0.15, -0.1) is 35.3 Å². The van der Waals surface area contributed by atoms with Gasteiger partial charge in [0.25, 0.3) is 0 Å². The molecular formula is C8H14OS3. The lowest BCUT2D eigenvalue weighted by molar-refractivity contribution is 0.0864. The molecule has 0 aromatic heterocycles. The van der Waals surface area contributed by atoms with Crippen LogP contribution in [0.1, 0.15) is 6.92 Å². The highest BCUT2D eigenvalue weighted by Gasteiger charge is 2.42. The maximum atomic E-state index is 5.55. The number of rotatable bonds is 3. The van der Waals surface area contributed by atoms with Crippen LogP contribution in [0, 0.1) is 5.41 Å². The Hall–Kier alpha value is 1.01. The highest BCUT2D eigenvalue weighted by Crippen LogP contribution is 2.53. The Kier molecular flexibility index (Phi) is 3.21. The van der Waals surface area contributed by atoms with Crippen molar-refractivity contribution in [3.63, 3.8) is 0 Å². The number of hydrogen-bond acceptors (Lipinski definition) is 4. The lowest BCUT2D eigenvalue weighted by atomic mass is 9.97. The van der Waals surface area contributed by atoms with E-state index in [9.17, 15) is 0 Å². The third-order valence-corrected chi connectivity index (χ3v) is 7.79. The first-order valence-electron chi connectivity index (χ1n) is 4.27. The molecule has 1 nitrogen and oxygen atoms in total. The lowest BCUT2D eigenvalue weighted by Crippen LogP contribution is -2.42. The fourth-order valence-corrected chi connectivity index (χ4v) is 6.55. The van der Waals surface area contributed by atoms with Crippen molar-refractivity contribution < 1.29 is 4.74 Å². The van der Waals surface area contributed by atoms with Crippen molar-refractivity contribution in [2.24, 2.45) is 5.41 Å². The number of hydrogen-bond donors (Lipinski definition) is 0. The summed E-state index contributed by atoms with van der Waals surface area (Å²) in [5.74, 6) is 3.95. The fraction of sp³-hybridized carbons (Fsp3) is 1.00. The molecule has 4 heteroatoms. The van der Waals surface area contributed by atoms with Crippen LogP contribution in [0.15, 0.2) is 0 Å². The second-order valence-electron chi connectivity index (χ2n) is 3.36. The monoisotopic (exact) mass is 222 g/mol. The highest BCUT2D eigenvalue weighted by molar-refractivity contribution is 8.33. The number of fused-ring (bicyclic) bond motifs is 3. The Bertz CT molecular complexity index is 141. The summed E-state index contributed by atoms with van der Waals surface area (Å²) in [7, 11) is 0. The maximum Gasteiger partial charge on any atom is 0.0956 e. The largest absolute Gasteiger partial charge is 0.381 e. The van der Waals surface area contributed by atoms with E-state index in [0.717, 1.165) is 17.1 Å². The molecule has 0 aromatic carbocycles. The first-order valence-corrected chi connectivity index (χ1v) is 7.42. The van der Waals surface area contributed by atoms with Crippen LogP contribution in [0.5, 0.6) is 0 Å². The summed E-state index contributed by atoms with van der Waals surface area (Å²) >= 11 is 6.32. The molecule has 0 aromatic rings. The Labute approximate surface area is 86.8 Å². The average molecular weight is 222 g/mol. The molecule has 3 aliphatic rings. The van der Waals surface area contributed by atoms with Crippen LogP contribution in [0.3, 0.4) is 0 Å². The zero-order valence-electron chi connectivity index (χ0n) is 7.25. The van der Waals surface area contributed by atoms with E-state index in [2.05, 4.69) is 42.2 Å². The van der Waals surface area contributed by atoms with Gasteiger partial charge >= 0.3 is 0 Å². The van der Waals surface area contributed by atoms with Gasteiger partial charge in [-0.1, -0.05) is 0 Å². The van der Waals surface area contributed by atoms with Gasteiger partial charge in [0.2, 0.25) is 0 Å². The van der Waals surface area contributed by atoms with E-state index >= 15 is 0 Å². The summed E-state index contributed by atoms with van der Waals surface area (Å²) in [4.78, 5) is 0. The molecular weight excluding hydrogens is 208 g/mol. The van der Waals surface area contributed by atoms with Crippen LogP contribution in [0.2, 0.25) is 0 Å². The van der Waals surface area contributed by atoms with E-state index in [4.69, 9.17) is 4.74 Å². The molecule has 3 rings (SSSR count). The van der Waals surface area contributed by atoms with Crippen LogP contribution < -0.4 is 0 Å². The normalized spacial score (nSPS) is 40.2. The topological polar surface area (TPSA) is 9.23 Å². The molecule has 0 unspecified atom stereocenters. The summed E-state index contributed by atoms with van der Waals surface area (Å²) in [6.45, 7) is 3.92. The first kappa shape index (κ1) is 9.56. The zero-order valence-corrected chi connectivity index (χ0v) is 9.70. The third-order valence-electron chi connectivity index (χ3n) is 2.19. The van der Waals surface area contributed by atoms with Gasteiger partial charge in [0.05, 0.1) is 10.5 Å². The fourth-order valence-electron chi connectivity index (χ4n) is 1.45. The van der Waals surface area contributed by atoms with E-state index in [1.165, 1.54) is 17.3 Å². The SMILES string of the molecule is CCOCC12CSC(SC1)SC2. The second kappa shape index (κ2) is 4.03. The van der Waals surface area contributed by atoms with Crippen molar-refractivity contribution in [2.45, 2.75) is 10.8 Å². The smallest absolute Gasteiger partial charge is 0.0956 e. The first-order chi connectivity index (χ1) is 5.85. The predicted octanol–water partition coefficient (Wildman–Crippen LogP) is 2.52. The Balaban J connectivity index is 1.90. The second-order valence-corrected chi connectivity index (χ2v) is 7.53. The van der Waals surface area contributed by atoms with Crippen molar-refractivity contribution >= 4 is 35.3 Å². The quantitative estimate of drug-likeness (QED) is 0.725. The molecule has 0 amide bonds. The molecule has 0 aliphatic carbocycles. The van der Waals surface area contributed by atoms with Crippen molar-refractivity contribution in [3.05, 3.63) is 0 Å². The van der Waals surface area contributed by atoms with Gasteiger partial charge in [-0.25, -0.2) is 0 Å². The van der Waals surface area contributed by atoms with Gasteiger partial charge < -0.3 is 4.74 Å². The zero-order chi connectivity index (χ0) is 8.44. The molecule has 0 saturated carbocycles. The maximum absolute atomic E-state index is 5.55. The van der Waals surface area contributed by atoms with E-state index in [1.807, 2.05) is 0 Å². The molecule has 3 fully saturated rings. The van der Waals surface area contributed by atoms with Crippen LogP contribution in [-0.2, 0) is 4.74 Å². The van der Waals surface area contributed by atoms with Gasteiger partial charge in [0, 0.05) is 29.3 Å². The standard InChI is InChI=1S/C8H14OS3/c1-2-9-3-8-4-10-7(11-5-8)12-6-8/h7H,2-6H2,1H3. The van der Waals surface area contributed by atoms with Crippen molar-refractivity contribution in [3.8, 4) is 0 Å². The molecule has 3 aliphatic heterocycles. The Morgan fingerprint density at radius 1 is 1.25 bits per heavy atom. The van der Waals surface area contributed by atoms with Gasteiger partial charge in [-0.3, -0.25) is 0 Å². The molecule has 0 atom stereocenters. The number of ether oxygens (including phenoxy) is 1. The molecule has 3 saturated heterocycles. The van der Waals surface area contributed by atoms with E-state index in [0.29, 0.717) is 5.41 Å². The summed E-state index contributed by atoms with van der Waals surface area (Å²) in [6, 6.07) is 0. The lowest BCUT2D eigenvalue weighted by Gasteiger charge is -2.44. The van der Waals surface area contributed by atoms with E-state index in [1.54, 1.807) is 0 Å². The molecule has 0 N–H and O–H groups in total. The minimum absolute atomic E-state index is 0.505. The van der Waals surface area contributed by atoms with Crippen LogP contribution in [-0.4, -0.2) is 34.4 Å². The minimum Gasteiger partial charge on any atom is -0.381 e.